The number of aromatic nitrogens is 1. The molecule has 1 aliphatic rings. The average molecular weight is 523 g/mol. The van der Waals surface area contributed by atoms with Crippen molar-refractivity contribution in [1.29, 1.82) is 0 Å². The SMILES string of the molecule is COc1ccc2ncc(Cl)c([C@@H](F)CCC3(C(=O)O)CCN(CCSc4cccs4)CC3)c2c1. The number of halogens is 2. The lowest BCUT2D eigenvalue weighted by molar-refractivity contribution is -0.153. The molecule has 1 fully saturated rings. The van der Waals surface area contributed by atoms with E-state index in [1.54, 1.807) is 36.6 Å². The molecule has 4 rings (SSSR count). The maximum atomic E-state index is 15.6. The molecule has 2 aromatic heterocycles. The topological polar surface area (TPSA) is 62.7 Å². The minimum absolute atomic E-state index is 0.0938. The summed E-state index contributed by atoms with van der Waals surface area (Å²) in [5, 5.41) is 13.0. The first kappa shape index (κ1) is 25.2. The van der Waals surface area contributed by atoms with E-state index in [1.807, 2.05) is 17.8 Å². The minimum atomic E-state index is -1.39. The first-order valence-corrected chi connectivity index (χ1v) is 13.5. The van der Waals surface area contributed by atoms with E-state index in [-0.39, 0.29) is 17.9 Å². The van der Waals surface area contributed by atoms with Crippen molar-refractivity contribution >= 4 is 51.6 Å². The van der Waals surface area contributed by atoms with Crippen LogP contribution < -0.4 is 4.74 Å². The highest BCUT2D eigenvalue weighted by atomic mass is 35.5. The van der Waals surface area contributed by atoms with Crippen LogP contribution in [0.4, 0.5) is 4.39 Å². The van der Waals surface area contributed by atoms with Crippen LogP contribution in [0.15, 0.2) is 46.1 Å². The third-order valence-corrected chi connectivity index (χ3v) is 9.08. The summed E-state index contributed by atoms with van der Waals surface area (Å²) in [7, 11) is 1.55. The number of hydrogen-bond acceptors (Lipinski definition) is 6. The summed E-state index contributed by atoms with van der Waals surface area (Å²) >= 11 is 9.91. The molecule has 0 amide bonds. The number of carboxylic acid groups (broad SMARTS) is 1. The van der Waals surface area contributed by atoms with E-state index in [0.717, 1.165) is 12.3 Å². The molecule has 182 valence electrons. The summed E-state index contributed by atoms with van der Waals surface area (Å²) in [5.74, 6) is 0.737. The van der Waals surface area contributed by atoms with Crippen LogP contribution >= 0.6 is 34.7 Å². The van der Waals surface area contributed by atoms with Crippen LogP contribution in [-0.2, 0) is 4.79 Å². The Morgan fingerprint density at radius 2 is 2.18 bits per heavy atom. The summed E-state index contributed by atoms with van der Waals surface area (Å²) in [4.78, 5) is 18.9. The predicted molar refractivity (Wildman–Crippen MR) is 137 cm³/mol. The lowest BCUT2D eigenvalue weighted by Gasteiger charge is -2.39. The van der Waals surface area contributed by atoms with Gasteiger partial charge in [-0.15, -0.1) is 23.1 Å². The second-order valence-electron chi connectivity index (χ2n) is 8.62. The summed E-state index contributed by atoms with van der Waals surface area (Å²) in [6.45, 7) is 2.35. The second kappa shape index (κ2) is 11.2. The Morgan fingerprint density at radius 3 is 2.85 bits per heavy atom. The smallest absolute Gasteiger partial charge is 0.309 e. The quantitative estimate of drug-likeness (QED) is 0.299. The molecule has 1 N–H and O–H groups in total. The van der Waals surface area contributed by atoms with Gasteiger partial charge in [-0.2, -0.15) is 0 Å². The van der Waals surface area contributed by atoms with Crippen molar-refractivity contribution < 1.29 is 19.0 Å². The predicted octanol–water partition coefficient (Wildman–Crippen LogP) is 6.71. The number of aliphatic carboxylic acids is 1. The van der Waals surface area contributed by atoms with Gasteiger partial charge in [-0.1, -0.05) is 17.7 Å². The van der Waals surface area contributed by atoms with Crippen LogP contribution in [0.2, 0.25) is 5.02 Å². The highest BCUT2D eigenvalue weighted by molar-refractivity contribution is 8.01. The fourth-order valence-corrected chi connectivity index (χ4v) is 6.69. The number of piperidine rings is 1. The normalized spacial score (nSPS) is 17.0. The standard InChI is InChI=1S/C25H28ClFN2O3S2/c1-32-17-4-5-21-18(15-17)23(19(26)16-28-21)20(27)6-7-25(24(30)31)8-10-29(11-9-25)12-14-34-22-3-2-13-33-22/h2-5,13,15-16,20H,6-12,14H2,1H3,(H,30,31)/t20-/m0/s1. The van der Waals surface area contributed by atoms with Crippen molar-refractivity contribution in [3.63, 3.8) is 0 Å². The van der Waals surface area contributed by atoms with Gasteiger partial charge in [-0.3, -0.25) is 9.78 Å². The molecule has 0 saturated carbocycles. The molecule has 5 nitrogen and oxygen atoms in total. The number of carbonyl (C=O) groups is 1. The molecular weight excluding hydrogens is 495 g/mol. The van der Waals surface area contributed by atoms with Crippen LogP contribution in [0.5, 0.6) is 5.75 Å². The molecule has 1 aromatic carbocycles. The zero-order valence-electron chi connectivity index (χ0n) is 19.0. The maximum absolute atomic E-state index is 15.6. The summed E-state index contributed by atoms with van der Waals surface area (Å²) in [6.07, 6.45) is 1.48. The van der Waals surface area contributed by atoms with Crippen LogP contribution in [-0.4, -0.2) is 53.5 Å². The zero-order valence-corrected chi connectivity index (χ0v) is 21.4. The van der Waals surface area contributed by atoms with Gasteiger partial charge >= 0.3 is 5.97 Å². The van der Waals surface area contributed by atoms with Crippen LogP contribution in [0.3, 0.4) is 0 Å². The highest BCUT2D eigenvalue weighted by Gasteiger charge is 2.41. The lowest BCUT2D eigenvalue weighted by atomic mass is 9.74. The molecule has 1 aliphatic heterocycles. The first-order chi connectivity index (χ1) is 16.4. The summed E-state index contributed by atoms with van der Waals surface area (Å²) < 4.78 is 22.1. The molecule has 34 heavy (non-hydrogen) atoms. The molecule has 3 heterocycles. The van der Waals surface area contributed by atoms with E-state index in [9.17, 15) is 9.90 Å². The number of ether oxygens (including phenoxy) is 1. The van der Waals surface area contributed by atoms with E-state index in [4.69, 9.17) is 16.3 Å². The summed E-state index contributed by atoms with van der Waals surface area (Å²) in [5.41, 5.74) is 0.0769. The van der Waals surface area contributed by atoms with E-state index in [1.165, 1.54) is 10.4 Å². The van der Waals surface area contributed by atoms with Crippen molar-refractivity contribution in [3.8, 4) is 5.75 Å². The number of carboxylic acids is 1. The molecule has 0 radical (unpaired) electrons. The van der Waals surface area contributed by atoms with Gasteiger partial charge in [0.15, 0.2) is 0 Å². The van der Waals surface area contributed by atoms with Crippen molar-refractivity contribution in [2.75, 3.05) is 32.5 Å². The van der Waals surface area contributed by atoms with Crippen molar-refractivity contribution in [2.24, 2.45) is 5.41 Å². The number of likely N-dealkylation sites (tertiary alicyclic amines) is 1. The van der Waals surface area contributed by atoms with Crippen molar-refractivity contribution in [2.45, 2.75) is 36.1 Å². The van der Waals surface area contributed by atoms with E-state index in [0.29, 0.717) is 48.1 Å². The molecule has 3 aromatic rings. The van der Waals surface area contributed by atoms with Crippen LogP contribution in [0.25, 0.3) is 10.9 Å². The Kier molecular flexibility index (Phi) is 8.34. The van der Waals surface area contributed by atoms with Crippen LogP contribution in [0, 0.1) is 5.41 Å². The molecule has 1 atom stereocenters. The molecule has 1 saturated heterocycles. The molecule has 0 aliphatic carbocycles. The number of nitrogens with zero attached hydrogens (tertiary/aromatic N) is 2. The van der Waals surface area contributed by atoms with Gasteiger partial charge in [-0.05, 0) is 68.4 Å². The largest absolute Gasteiger partial charge is 0.497 e. The van der Waals surface area contributed by atoms with Gasteiger partial charge in [0.1, 0.15) is 11.9 Å². The van der Waals surface area contributed by atoms with Crippen LogP contribution in [0.1, 0.15) is 37.4 Å². The molecule has 9 heteroatoms. The highest BCUT2D eigenvalue weighted by Crippen LogP contribution is 2.42. The zero-order chi connectivity index (χ0) is 24.1. The fourth-order valence-electron chi connectivity index (χ4n) is 4.56. The third kappa shape index (κ3) is 5.67. The van der Waals surface area contributed by atoms with E-state index >= 15 is 4.39 Å². The van der Waals surface area contributed by atoms with Gasteiger partial charge in [0.25, 0.3) is 0 Å². The first-order valence-electron chi connectivity index (χ1n) is 11.3. The number of alkyl halides is 1. The molecule has 0 bridgehead atoms. The number of fused-ring (bicyclic) bond motifs is 1. The molecule has 0 unspecified atom stereocenters. The fraction of sp³-hybridized carbons (Fsp3) is 0.440. The Morgan fingerprint density at radius 1 is 1.38 bits per heavy atom. The van der Waals surface area contributed by atoms with Gasteiger partial charge in [-0.25, -0.2) is 4.39 Å². The number of methoxy groups -OCH3 is 1. The number of rotatable bonds is 10. The number of pyridine rings is 1. The second-order valence-corrected chi connectivity index (χ2v) is 11.4. The van der Waals surface area contributed by atoms with Crippen molar-refractivity contribution in [3.05, 3.63) is 52.5 Å². The van der Waals surface area contributed by atoms with E-state index < -0.39 is 17.6 Å². The number of benzene rings is 1. The van der Waals surface area contributed by atoms with Gasteiger partial charge in [0, 0.05) is 29.4 Å². The maximum Gasteiger partial charge on any atom is 0.309 e. The monoisotopic (exact) mass is 522 g/mol. The average Bonchev–Trinajstić information content (AvgIpc) is 3.36. The number of hydrogen-bond donors (Lipinski definition) is 1. The number of thioether (sulfide) groups is 1. The van der Waals surface area contributed by atoms with Crippen molar-refractivity contribution in [1.82, 2.24) is 9.88 Å². The van der Waals surface area contributed by atoms with E-state index in [2.05, 4.69) is 21.3 Å². The Balaban J connectivity index is 1.39. The van der Waals surface area contributed by atoms with Gasteiger partial charge in [0.05, 0.1) is 27.3 Å². The minimum Gasteiger partial charge on any atom is -0.497 e. The molecule has 0 spiro atoms. The van der Waals surface area contributed by atoms with Gasteiger partial charge in [0.2, 0.25) is 0 Å². The lowest BCUT2D eigenvalue weighted by Crippen LogP contribution is -2.45. The van der Waals surface area contributed by atoms with Gasteiger partial charge < -0.3 is 14.7 Å². The Labute approximate surface area is 212 Å². The molecular formula is C25H28ClFN2O3S2. The Hall–Kier alpha value is -1.87. The number of thiophene rings is 1. The third-order valence-electron chi connectivity index (χ3n) is 6.67. The Bertz CT molecular complexity index is 1120. The summed E-state index contributed by atoms with van der Waals surface area (Å²) in [6, 6.07) is 9.43.